The zero-order valence-corrected chi connectivity index (χ0v) is 31.6. The van der Waals surface area contributed by atoms with Crippen LogP contribution < -0.4 is 11.5 Å². The van der Waals surface area contributed by atoms with E-state index in [9.17, 15) is 0 Å². The summed E-state index contributed by atoms with van der Waals surface area (Å²) in [5, 5.41) is 0. The topological polar surface area (TPSA) is 52.0 Å². The third-order valence-electron chi connectivity index (χ3n) is 10.9. The van der Waals surface area contributed by atoms with E-state index in [2.05, 4.69) is 120 Å². The van der Waals surface area contributed by atoms with Gasteiger partial charge in [-0.1, -0.05) is 158 Å². The molecule has 0 aliphatic rings. The van der Waals surface area contributed by atoms with Crippen molar-refractivity contribution in [3.8, 4) is 0 Å². The molecule has 2 heteroatoms. The number of benzene rings is 4. The molecular weight excluding hydrogens is 593 g/mol. The Bertz CT molecular complexity index is 1410. The van der Waals surface area contributed by atoms with Crippen LogP contribution in [0.15, 0.2) is 84.9 Å². The fourth-order valence-corrected chi connectivity index (χ4v) is 7.96. The predicted molar refractivity (Wildman–Crippen MR) is 216 cm³/mol. The van der Waals surface area contributed by atoms with Crippen molar-refractivity contribution in [1.82, 2.24) is 0 Å². The monoisotopic (exact) mass is 659 g/mol. The molecule has 0 bridgehead atoms. The molecule has 4 aromatic carbocycles. The van der Waals surface area contributed by atoms with Gasteiger partial charge in [0, 0.05) is 29.1 Å². The van der Waals surface area contributed by atoms with Crippen molar-refractivity contribution >= 4 is 11.4 Å². The van der Waals surface area contributed by atoms with Crippen LogP contribution in [0.25, 0.3) is 0 Å². The molecule has 0 spiro atoms. The number of rotatable bonds is 21. The third kappa shape index (κ3) is 11.2. The Kier molecular flexibility index (Phi) is 15.8. The average Bonchev–Trinajstić information content (AvgIpc) is 3.10. The molecule has 4 aromatic rings. The summed E-state index contributed by atoms with van der Waals surface area (Å²) in [6.07, 6.45) is 18.9. The minimum absolute atomic E-state index is 0.403. The van der Waals surface area contributed by atoms with Gasteiger partial charge in [-0.3, -0.25) is 0 Å². The van der Waals surface area contributed by atoms with E-state index in [-0.39, 0.29) is 0 Å². The van der Waals surface area contributed by atoms with Gasteiger partial charge in [0.15, 0.2) is 0 Å². The Hall–Kier alpha value is -3.52. The lowest BCUT2D eigenvalue weighted by Gasteiger charge is -2.24. The van der Waals surface area contributed by atoms with Crippen molar-refractivity contribution in [2.24, 2.45) is 0 Å². The molecule has 0 fully saturated rings. The zero-order valence-electron chi connectivity index (χ0n) is 31.6. The standard InChI is InChI=1S/C47H66N2/c1-6-9-12-15-18-45(37-21-25-39(26-22-37)46(19-16-13-10-7-2)43-31-29-41(48)33-35(43)4)38-23-27-40(28-24-38)47(20-17-14-11-8-3)44-32-30-42(49)34-36(44)5/h21-34,45-47H,6-20,48-49H2,1-5H3. The zero-order chi connectivity index (χ0) is 35.0. The molecule has 4 rings (SSSR count). The molecule has 2 nitrogen and oxygen atoms in total. The average molecular weight is 659 g/mol. The van der Waals surface area contributed by atoms with Crippen LogP contribution in [0.1, 0.15) is 179 Å². The number of nitrogens with two attached hydrogens (primary N) is 2. The Morgan fingerprint density at radius 2 is 0.694 bits per heavy atom. The first-order chi connectivity index (χ1) is 23.9. The van der Waals surface area contributed by atoms with E-state index in [4.69, 9.17) is 11.5 Å². The number of hydrogen-bond acceptors (Lipinski definition) is 2. The maximum absolute atomic E-state index is 6.17. The maximum Gasteiger partial charge on any atom is 0.0316 e. The molecule has 0 saturated carbocycles. The Balaban J connectivity index is 1.63. The Labute approximate surface area is 300 Å². The summed E-state index contributed by atoms with van der Waals surface area (Å²) < 4.78 is 0. The van der Waals surface area contributed by atoms with Gasteiger partial charge in [0.1, 0.15) is 0 Å². The number of nitrogen functional groups attached to an aromatic ring is 2. The highest BCUT2D eigenvalue weighted by atomic mass is 14.5. The minimum Gasteiger partial charge on any atom is -0.399 e. The van der Waals surface area contributed by atoms with Crippen molar-refractivity contribution in [1.29, 1.82) is 0 Å². The normalized spacial score (nSPS) is 13.3. The van der Waals surface area contributed by atoms with Gasteiger partial charge in [-0.05, 0) is 102 Å². The lowest BCUT2D eigenvalue weighted by molar-refractivity contribution is 0.590. The molecule has 2 unspecified atom stereocenters. The molecule has 4 N–H and O–H groups in total. The summed E-state index contributed by atoms with van der Waals surface area (Å²) in [4.78, 5) is 0. The summed E-state index contributed by atoms with van der Waals surface area (Å²) in [6, 6.07) is 32.5. The number of anilines is 2. The van der Waals surface area contributed by atoms with Gasteiger partial charge in [-0.15, -0.1) is 0 Å². The molecule has 2 atom stereocenters. The van der Waals surface area contributed by atoms with Crippen molar-refractivity contribution in [3.05, 3.63) is 129 Å². The summed E-state index contributed by atoms with van der Waals surface area (Å²) >= 11 is 0. The van der Waals surface area contributed by atoms with Crippen LogP contribution in [0.5, 0.6) is 0 Å². The van der Waals surface area contributed by atoms with Crippen LogP contribution in [0.3, 0.4) is 0 Å². The van der Waals surface area contributed by atoms with Crippen molar-refractivity contribution in [2.75, 3.05) is 11.5 Å². The smallest absolute Gasteiger partial charge is 0.0316 e. The second-order valence-electron chi connectivity index (χ2n) is 14.8. The van der Waals surface area contributed by atoms with E-state index in [0.717, 1.165) is 11.4 Å². The molecule has 49 heavy (non-hydrogen) atoms. The van der Waals surface area contributed by atoms with E-state index in [1.54, 1.807) is 0 Å². The third-order valence-corrected chi connectivity index (χ3v) is 10.9. The van der Waals surface area contributed by atoms with Crippen LogP contribution in [-0.4, -0.2) is 0 Å². The Morgan fingerprint density at radius 1 is 0.388 bits per heavy atom. The van der Waals surface area contributed by atoms with Crippen molar-refractivity contribution in [3.63, 3.8) is 0 Å². The first-order valence-corrected chi connectivity index (χ1v) is 19.8. The Morgan fingerprint density at radius 3 is 1.00 bits per heavy atom. The quantitative estimate of drug-likeness (QED) is 0.0691. The van der Waals surface area contributed by atoms with Gasteiger partial charge in [0.05, 0.1) is 0 Å². The molecule has 0 amide bonds. The van der Waals surface area contributed by atoms with Gasteiger partial charge < -0.3 is 11.5 Å². The summed E-state index contributed by atoms with van der Waals surface area (Å²) in [7, 11) is 0. The predicted octanol–water partition coefficient (Wildman–Crippen LogP) is 13.8. The lowest BCUT2D eigenvalue weighted by Crippen LogP contribution is -2.07. The molecule has 0 saturated heterocycles. The second-order valence-corrected chi connectivity index (χ2v) is 14.8. The molecule has 264 valence electrons. The van der Waals surface area contributed by atoms with Crippen LogP contribution in [0.2, 0.25) is 0 Å². The van der Waals surface area contributed by atoms with Crippen LogP contribution in [0.4, 0.5) is 11.4 Å². The first kappa shape index (κ1) is 38.3. The van der Waals surface area contributed by atoms with Gasteiger partial charge >= 0.3 is 0 Å². The highest BCUT2D eigenvalue weighted by Crippen LogP contribution is 2.38. The molecule has 0 heterocycles. The number of aryl methyl sites for hydroxylation is 2. The van der Waals surface area contributed by atoms with Gasteiger partial charge in [0.2, 0.25) is 0 Å². The van der Waals surface area contributed by atoms with Crippen LogP contribution >= 0.6 is 0 Å². The fraction of sp³-hybridized carbons (Fsp3) is 0.489. The highest BCUT2D eigenvalue weighted by molar-refractivity contribution is 5.50. The van der Waals surface area contributed by atoms with Crippen LogP contribution in [0, 0.1) is 13.8 Å². The SMILES string of the molecule is CCCCCCC(c1ccc(C(CCCCCC)c2ccc(N)cc2C)cc1)c1ccc(C(CCCCCC)c2ccc(N)cc2C)cc1. The molecule has 0 aliphatic carbocycles. The van der Waals surface area contributed by atoms with Gasteiger partial charge in [-0.2, -0.15) is 0 Å². The summed E-state index contributed by atoms with van der Waals surface area (Å²) in [5.74, 6) is 1.21. The second kappa shape index (κ2) is 20.2. The number of hydrogen-bond donors (Lipinski definition) is 2. The van der Waals surface area contributed by atoms with Crippen LogP contribution in [-0.2, 0) is 0 Å². The minimum atomic E-state index is 0.403. The molecular formula is C47H66N2. The van der Waals surface area contributed by atoms with E-state index in [1.807, 2.05) is 0 Å². The summed E-state index contributed by atoms with van der Waals surface area (Å²) in [5.41, 5.74) is 25.2. The highest BCUT2D eigenvalue weighted by Gasteiger charge is 2.21. The molecule has 0 aromatic heterocycles. The molecule has 0 aliphatic heterocycles. The molecule has 0 radical (unpaired) electrons. The van der Waals surface area contributed by atoms with Crippen molar-refractivity contribution < 1.29 is 0 Å². The van der Waals surface area contributed by atoms with E-state index in [1.165, 1.54) is 141 Å². The number of unbranched alkanes of at least 4 members (excludes halogenated alkanes) is 9. The van der Waals surface area contributed by atoms with Gasteiger partial charge in [0.25, 0.3) is 0 Å². The van der Waals surface area contributed by atoms with E-state index in [0.29, 0.717) is 17.8 Å². The first-order valence-electron chi connectivity index (χ1n) is 19.8. The van der Waals surface area contributed by atoms with E-state index >= 15 is 0 Å². The lowest BCUT2D eigenvalue weighted by atomic mass is 9.81. The van der Waals surface area contributed by atoms with E-state index < -0.39 is 0 Å². The van der Waals surface area contributed by atoms with Gasteiger partial charge in [-0.25, -0.2) is 0 Å². The fourth-order valence-electron chi connectivity index (χ4n) is 7.96. The van der Waals surface area contributed by atoms with Crippen molar-refractivity contribution in [2.45, 2.75) is 149 Å². The maximum atomic E-state index is 6.17. The summed E-state index contributed by atoms with van der Waals surface area (Å²) in [6.45, 7) is 11.3. The largest absolute Gasteiger partial charge is 0.399 e.